The maximum absolute atomic E-state index is 3.63. The number of hydrogen-bond acceptors (Lipinski definition) is 2. The van der Waals surface area contributed by atoms with Crippen LogP contribution in [0.25, 0.3) is 0 Å². The molecule has 2 nitrogen and oxygen atoms in total. The van der Waals surface area contributed by atoms with E-state index in [4.69, 9.17) is 0 Å². The molecule has 0 bridgehead atoms. The van der Waals surface area contributed by atoms with Gasteiger partial charge in [-0.1, -0.05) is 27.2 Å². The van der Waals surface area contributed by atoms with Crippen LogP contribution in [-0.2, 0) is 0 Å². The third kappa shape index (κ3) is 4.42. The fraction of sp³-hybridized carbons (Fsp3) is 1.00. The lowest BCUT2D eigenvalue weighted by Crippen LogP contribution is -2.42. The molecule has 1 saturated heterocycles. The van der Waals surface area contributed by atoms with E-state index in [1.165, 1.54) is 38.8 Å². The molecule has 0 amide bonds. The van der Waals surface area contributed by atoms with Gasteiger partial charge in [-0.3, -0.25) is 0 Å². The lowest BCUT2D eigenvalue weighted by atomic mass is 9.87. The van der Waals surface area contributed by atoms with Crippen LogP contribution >= 0.6 is 0 Å². The molecule has 0 saturated carbocycles. The van der Waals surface area contributed by atoms with E-state index < -0.39 is 0 Å². The second-order valence-corrected chi connectivity index (χ2v) is 6.46. The molecule has 0 aromatic carbocycles. The van der Waals surface area contributed by atoms with Gasteiger partial charge in [-0.25, -0.2) is 0 Å². The van der Waals surface area contributed by atoms with Crippen molar-refractivity contribution >= 4 is 0 Å². The normalized spacial score (nSPS) is 24.8. The van der Waals surface area contributed by atoms with Gasteiger partial charge in [0.2, 0.25) is 0 Å². The molecule has 1 fully saturated rings. The van der Waals surface area contributed by atoms with Crippen molar-refractivity contribution in [3.63, 3.8) is 0 Å². The molecule has 0 aliphatic carbocycles. The number of nitrogens with zero attached hydrogens (tertiary/aromatic N) is 1. The lowest BCUT2D eigenvalue weighted by Gasteiger charge is -2.36. The molecular formula is C14H30N2. The topological polar surface area (TPSA) is 15.3 Å². The molecule has 2 heteroatoms. The summed E-state index contributed by atoms with van der Waals surface area (Å²) >= 11 is 0. The van der Waals surface area contributed by atoms with Gasteiger partial charge in [0, 0.05) is 12.1 Å². The van der Waals surface area contributed by atoms with Crippen molar-refractivity contribution in [2.75, 3.05) is 20.1 Å². The van der Waals surface area contributed by atoms with Gasteiger partial charge in [-0.05, 0) is 51.7 Å². The average Bonchev–Trinajstić information content (AvgIpc) is 2.25. The fourth-order valence-electron chi connectivity index (χ4n) is 2.38. The summed E-state index contributed by atoms with van der Waals surface area (Å²) in [4.78, 5) is 2.51. The number of piperidine rings is 1. The quantitative estimate of drug-likeness (QED) is 0.793. The Hall–Kier alpha value is -0.0800. The van der Waals surface area contributed by atoms with Crippen molar-refractivity contribution < 1.29 is 0 Å². The summed E-state index contributed by atoms with van der Waals surface area (Å²) < 4.78 is 0. The second-order valence-electron chi connectivity index (χ2n) is 6.46. The van der Waals surface area contributed by atoms with Crippen LogP contribution < -0.4 is 5.32 Å². The average molecular weight is 226 g/mol. The van der Waals surface area contributed by atoms with Crippen molar-refractivity contribution in [2.24, 2.45) is 5.41 Å². The van der Waals surface area contributed by atoms with Crippen molar-refractivity contribution in [1.29, 1.82) is 0 Å². The zero-order valence-electron chi connectivity index (χ0n) is 11.8. The van der Waals surface area contributed by atoms with Crippen LogP contribution in [0.5, 0.6) is 0 Å². The molecule has 96 valence electrons. The van der Waals surface area contributed by atoms with E-state index in [1.807, 2.05) is 0 Å². The first kappa shape index (κ1) is 14.0. The van der Waals surface area contributed by atoms with Crippen LogP contribution in [0.1, 0.15) is 53.4 Å². The van der Waals surface area contributed by atoms with Crippen LogP contribution in [0.4, 0.5) is 0 Å². The summed E-state index contributed by atoms with van der Waals surface area (Å²) in [6.07, 6.45) is 5.45. The predicted molar refractivity (Wildman–Crippen MR) is 71.8 cm³/mol. The summed E-state index contributed by atoms with van der Waals surface area (Å²) in [6.45, 7) is 11.8. The molecule has 16 heavy (non-hydrogen) atoms. The molecule has 1 aliphatic heterocycles. The maximum atomic E-state index is 3.63. The molecule has 0 radical (unpaired) electrons. The zero-order valence-corrected chi connectivity index (χ0v) is 11.8. The van der Waals surface area contributed by atoms with Gasteiger partial charge in [-0.2, -0.15) is 0 Å². The van der Waals surface area contributed by atoms with Gasteiger partial charge in [0.1, 0.15) is 0 Å². The molecule has 1 N–H and O–H groups in total. The Morgan fingerprint density at radius 3 is 2.50 bits per heavy atom. The van der Waals surface area contributed by atoms with E-state index in [9.17, 15) is 0 Å². The van der Waals surface area contributed by atoms with E-state index in [-0.39, 0.29) is 0 Å². The first-order valence-electron chi connectivity index (χ1n) is 6.85. The van der Waals surface area contributed by atoms with Crippen LogP contribution in [0.3, 0.4) is 0 Å². The summed E-state index contributed by atoms with van der Waals surface area (Å²) in [5, 5.41) is 3.63. The van der Waals surface area contributed by atoms with Crippen LogP contribution in [-0.4, -0.2) is 37.1 Å². The highest BCUT2D eigenvalue weighted by atomic mass is 15.1. The summed E-state index contributed by atoms with van der Waals surface area (Å²) in [5.74, 6) is 0. The van der Waals surface area contributed by atoms with Gasteiger partial charge in [0.15, 0.2) is 0 Å². The van der Waals surface area contributed by atoms with Crippen LogP contribution in [0.15, 0.2) is 0 Å². The fourth-order valence-corrected chi connectivity index (χ4v) is 2.38. The summed E-state index contributed by atoms with van der Waals surface area (Å²) in [5.41, 5.74) is 0.384. The van der Waals surface area contributed by atoms with Crippen molar-refractivity contribution in [1.82, 2.24) is 10.2 Å². The molecular weight excluding hydrogens is 196 g/mol. The second kappa shape index (κ2) is 6.02. The monoisotopic (exact) mass is 226 g/mol. The van der Waals surface area contributed by atoms with E-state index in [2.05, 4.69) is 45.0 Å². The van der Waals surface area contributed by atoms with Crippen LogP contribution in [0.2, 0.25) is 0 Å². The third-order valence-corrected chi connectivity index (χ3v) is 4.16. The van der Waals surface area contributed by atoms with Gasteiger partial charge < -0.3 is 10.2 Å². The molecule has 2 atom stereocenters. The molecule has 0 aromatic rings. The van der Waals surface area contributed by atoms with Gasteiger partial charge >= 0.3 is 0 Å². The van der Waals surface area contributed by atoms with E-state index in [0.717, 1.165) is 6.04 Å². The Balaban J connectivity index is 2.25. The smallest absolute Gasteiger partial charge is 0.0112 e. The Bertz CT molecular complexity index is 189. The van der Waals surface area contributed by atoms with E-state index in [1.54, 1.807) is 0 Å². The zero-order chi connectivity index (χ0) is 12.2. The molecule has 0 spiro atoms. The highest BCUT2D eigenvalue weighted by Crippen LogP contribution is 2.23. The maximum Gasteiger partial charge on any atom is 0.0112 e. The van der Waals surface area contributed by atoms with Gasteiger partial charge in [-0.15, -0.1) is 0 Å². The largest absolute Gasteiger partial charge is 0.314 e. The molecule has 1 rings (SSSR count). The number of hydrogen-bond donors (Lipinski definition) is 1. The minimum Gasteiger partial charge on any atom is -0.314 e. The molecule has 2 unspecified atom stereocenters. The third-order valence-electron chi connectivity index (χ3n) is 4.16. The van der Waals surface area contributed by atoms with E-state index >= 15 is 0 Å². The first-order valence-corrected chi connectivity index (χ1v) is 6.85. The predicted octanol–water partition coefficient (Wildman–Crippen LogP) is 2.89. The molecule has 0 aromatic heterocycles. The van der Waals surface area contributed by atoms with Crippen LogP contribution in [0, 0.1) is 5.41 Å². The lowest BCUT2D eigenvalue weighted by molar-refractivity contribution is 0.134. The summed E-state index contributed by atoms with van der Waals surface area (Å²) in [7, 11) is 2.26. The van der Waals surface area contributed by atoms with Crippen molar-refractivity contribution in [2.45, 2.75) is 65.5 Å². The highest BCUT2D eigenvalue weighted by molar-refractivity contribution is 4.79. The SMILES string of the molecule is CC(N(C)CCC1CCCCN1)C(C)(C)C. The minimum atomic E-state index is 0.384. The van der Waals surface area contributed by atoms with Crippen molar-refractivity contribution in [3.8, 4) is 0 Å². The molecule has 1 heterocycles. The van der Waals surface area contributed by atoms with E-state index in [0.29, 0.717) is 11.5 Å². The summed E-state index contributed by atoms with van der Waals surface area (Å²) in [6, 6.07) is 1.42. The van der Waals surface area contributed by atoms with Gasteiger partial charge in [0.25, 0.3) is 0 Å². The minimum absolute atomic E-state index is 0.384. The Labute approximate surface area is 102 Å². The standard InChI is InChI=1S/C14H30N2/c1-12(14(2,3)4)16(5)11-9-13-8-6-7-10-15-13/h12-13,15H,6-11H2,1-5H3. The van der Waals surface area contributed by atoms with Gasteiger partial charge in [0.05, 0.1) is 0 Å². The number of nitrogens with one attached hydrogen (secondary N) is 1. The molecule has 1 aliphatic rings. The Morgan fingerprint density at radius 2 is 2.00 bits per heavy atom. The Kier molecular flexibility index (Phi) is 5.26. The Morgan fingerprint density at radius 1 is 1.31 bits per heavy atom. The number of rotatable bonds is 4. The van der Waals surface area contributed by atoms with Crippen molar-refractivity contribution in [3.05, 3.63) is 0 Å². The first-order chi connectivity index (χ1) is 7.41. The highest BCUT2D eigenvalue weighted by Gasteiger charge is 2.24.